The summed E-state index contributed by atoms with van der Waals surface area (Å²) in [4.78, 5) is 9.08. The van der Waals surface area contributed by atoms with E-state index in [1.54, 1.807) is 0 Å². The lowest BCUT2D eigenvalue weighted by Crippen LogP contribution is -2.53. The first-order valence-electron chi connectivity index (χ1n) is 7.14. The Balaban J connectivity index is 1.94. The first kappa shape index (κ1) is 14.4. The van der Waals surface area contributed by atoms with Crippen LogP contribution in [0.1, 0.15) is 32.4 Å². The lowest BCUT2D eigenvalue weighted by molar-refractivity contribution is 0.0303. The van der Waals surface area contributed by atoms with Crippen LogP contribution in [0.2, 0.25) is 0 Å². The summed E-state index contributed by atoms with van der Waals surface area (Å²) in [5.74, 6) is 0. The van der Waals surface area contributed by atoms with Crippen LogP contribution in [0.25, 0.3) is 0 Å². The molecule has 1 aliphatic rings. The maximum atomic E-state index is 9.51. The zero-order valence-corrected chi connectivity index (χ0v) is 12.2. The van der Waals surface area contributed by atoms with Crippen LogP contribution in [-0.4, -0.2) is 58.2 Å². The smallest absolute Gasteiger partial charge is 0.0639 e. The van der Waals surface area contributed by atoms with E-state index in [0.717, 1.165) is 26.2 Å². The van der Waals surface area contributed by atoms with Crippen molar-refractivity contribution in [3.05, 3.63) is 30.1 Å². The molecule has 2 rings (SSSR count). The highest BCUT2D eigenvalue weighted by Gasteiger charge is 2.27. The van der Waals surface area contributed by atoms with Crippen LogP contribution in [-0.2, 0) is 0 Å². The fourth-order valence-electron chi connectivity index (χ4n) is 2.82. The molecule has 0 unspecified atom stereocenters. The summed E-state index contributed by atoms with van der Waals surface area (Å²) in [6.07, 6.45) is 3.53. The van der Waals surface area contributed by atoms with Crippen LogP contribution in [0.5, 0.6) is 0 Å². The second-order valence-electron chi connectivity index (χ2n) is 5.65. The van der Waals surface area contributed by atoms with E-state index in [2.05, 4.69) is 34.7 Å². The number of hydrogen-bond acceptors (Lipinski definition) is 4. The predicted octanol–water partition coefficient (Wildman–Crippen LogP) is 1.53. The number of β-amino-alcohol motifs (C(OH)–C–C–N with tert-alkyl or cyclic N) is 1. The highest BCUT2D eigenvalue weighted by atomic mass is 16.3. The number of nitrogens with zero attached hydrogens (tertiary/aromatic N) is 3. The molecule has 19 heavy (non-hydrogen) atoms. The molecule has 1 fully saturated rings. The lowest BCUT2D eigenvalue weighted by Gasteiger charge is -2.42. The van der Waals surface area contributed by atoms with Gasteiger partial charge in [-0.1, -0.05) is 6.07 Å². The molecule has 0 saturated carbocycles. The number of aliphatic hydroxyl groups is 1. The molecule has 0 spiro atoms. The SMILES string of the molecule is C[C@H](O)CN1CCN([C@@H](C)c2cccnc2)C[C@H]1C. The van der Waals surface area contributed by atoms with Crippen LogP contribution < -0.4 is 0 Å². The topological polar surface area (TPSA) is 39.6 Å². The number of hydrogen-bond donors (Lipinski definition) is 1. The van der Waals surface area contributed by atoms with Gasteiger partial charge in [0.1, 0.15) is 0 Å². The van der Waals surface area contributed by atoms with Crippen molar-refractivity contribution in [1.29, 1.82) is 0 Å². The Morgan fingerprint density at radius 3 is 2.79 bits per heavy atom. The molecule has 3 atom stereocenters. The van der Waals surface area contributed by atoms with Crippen molar-refractivity contribution < 1.29 is 5.11 Å². The van der Waals surface area contributed by atoms with Gasteiger partial charge in [0.2, 0.25) is 0 Å². The fraction of sp³-hybridized carbons (Fsp3) is 0.667. The largest absolute Gasteiger partial charge is 0.392 e. The molecule has 4 heteroatoms. The van der Waals surface area contributed by atoms with E-state index in [4.69, 9.17) is 0 Å². The quantitative estimate of drug-likeness (QED) is 0.894. The number of aromatic nitrogens is 1. The Bertz CT molecular complexity index is 382. The molecule has 0 bridgehead atoms. The molecule has 2 heterocycles. The third kappa shape index (κ3) is 3.75. The monoisotopic (exact) mass is 263 g/mol. The summed E-state index contributed by atoms with van der Waals surface area (Å²) in [7, 11) is 0. The molecular weight excluding hydrogens is 238 g/mol. The third-order valence-corrected chi connectivity index (χ3v) is 4.01. The van der Waals surface area contributed by atoms with Crippen molar-refractivity contribution >= 4 is 0 Å². The van der Waals surface area contributed by atoms with E-state index in [9.17, 15) is 5.11 Å². The van der Waals surface area contributed by atoms with Gasteiger partial charge >= 0.3 is 0 Å². The molecule has 1 aromatic rings. The summed E-state index contributed by atoms with van der Waals surface area (Å²) >= 11 is 0. The molecule has 1 saturated heterocycles. The number of aliphatic hydroxyl groups excluding tert-OH is 1. The highest BCUT2D eigenvalue weighted by molar-refractivity contribution is 5.13. The highest BCUT2D eigenvalue weighted by Crippen LogP contribution is 2.22. The van der Waals surface area contributed by atoms with Crippen LogP contribution in [0, 0.1) is 0 Å². The van der Waals surface area contributed by atoms with Gasteiger partial charge < -0.3 is 5.11 Å². The summed E-state index contributed by atoms with van der Waals surface area (Å²) < 4.78 is 0. The Morgan fingerprint density at radius 2 is 2.21 bits per heavy atom. The summed E-state index contributed by atoms with van der Waals surface area (Å²) in [5, 5.41) is 9.51. The van der Waals surface area contributed by atoms with Crippen LogP contribution in [0.3, 0.4) is 0 Å². The van der Waals surface area contributed by atoms with E-state index >= 15 is 0 Å². The van der Waals surface area contributed by atoms with Gasteiger partial charge in [-0.3, -0.25) is 14.8 Å². The molecule has 106 valence electrons. The molecular formula is C15H25N3O. The minimum atomic E-state index is -0.246. The van der Waals surface area contributed by atoms with Crippen molar-refractivity contribution in [2.75, 3.05) is 26.2 Å². The van der Waals surface area contributed by atoms with Crippen LogP contribution >= 0.6 is 0 Å². The second kappa shape index (κ2) is 6.46. The molecule has 1 N–H and O–H groups in total. The van der Waals surface area contributed by atoms with Crippen molar-refractivity contribution in [3.8, 4) is 0 Å². The summed E-state index contributed by atoms with van der Waals surface area (Å²) in [5.41, 5.74) is 1.28. The zero-order valence-electron chi connectivity index (χ0n) is 12.2. The number of rotatable bonds is 4. The Labute approximate surface area is 116 Å². The first-order valence-corrected chi connectivity index (χ1v) is 7.14. The third-order valence-electron chi connectivity index (χ3n) is 4.01. The van der Waals surface area contributed by atoms with Crippen molar-refractivity contribution in [2.24, 2.45) is 0 Å². The van der Waals surface area contributed by atoms with Gasteiger partial charge in [0.05, 0.1) is 6.10 Å². The molecule has 0 radical (unpaired) electrons. The number of pyridine rings is 1. The van der Waals surface area contributed by atoms with Crippen molar-refractivity contribution in [3.63, 3.8) is 0 Å². The minimum absolute atomic E-state index is 0.246. The molecule has 1 aliphatic heterocycles. The molecule has 0 amide bonds. The zero-order chi connectivity index (χ0) is 13.8. The van der Waals surface area contributed by atoms with E-state index in [1.165, 1.54) is 5.56 Å². The van der Waals surface area contributed by atoms with Crippen LogP contribution in [0.15, 0.2) is 24.5 Å². The van der Waals surface area contributed by atoms with E-state index < -0.39 is 0 Å². The maximum Gasteiger partial charge on any atom is 0.0639 e. The van der Waals surface area contributed by atoms with Gasteiger partial charge in [-0.25, -0.2) is 0 Å². The van der Waals surface area contributed by atoms with Gasteiger partial charge in [0.25, 0.3) is 0 Å². The van der Waals surface area contributed by atoms with Gasteiger partial charge in [0, 0.05) is 50.7 Å². The molecule has 4 nitrogen and oxygen atoms in total. The van der Waals surface area contributed by atoms with E-state index in [-0.39, 0.29) is 6.10 Å². The summed E-state index contributed by atoms with van der Waals surface area (Å²) in [6.45, 7) is 10.2. The average molecular weight is 263 g/mol. The Kier molecular flexibility index (Phi) is 4.91. The minimum Gasteiger partial charge on any atom is -0.392 e. The molecule has 0 aromatic carbocycles. The van der Waals surface area contributed by atoms with E-state index in [0.29, 0.717) is 12.1 Å². The van der Waals surface area contributed by atoms with E-state index in [1.807, 2.05) is 25.4 Å². The van der Waals surface area contributed by atoms with Gasteiger partial charge in [-0.2, -0.15) is 0 Å². The predicted molar refractivity (Wildman–Crippen MR) is 76.9 cm³/mol. The van der Waals surface area contributed by atoms with Gasteiger partial charge in [-0.05, 0) is 32.4 Å². The maximum absolute atomic E-state index is 9.51. The standard InChI is InChI=1S/C15H25N3O/c1-12-10-18(8-7-17(12)11-13(2)19)14(3)15-5-4-6-16-9-15/h4-6,9,12-14,19H,7-8,10-11H2,1-3H3/t12-,13+,14+/m1/s1. The first-order chi connectivity index (χ1) is 9.08. The normalized spacial score (nSPS) is 25.2. The van der Waals surface area contributed by atoms with Crippen molar-refractivity contribution in [1.82, 2.24) is 14.8 Å². The second-order valence-corrected chi connectivity index (χ2v) is 5.65. The Hall–Kier alpha value is -0.970. The fourth-order valence-corrected chi connectivity index (χ4v) is 2.82. The summed E-state index contributed by atoms with van der Waals surface area (Å²) in [6, 6.07) is 5.04. The number of piperazine rings is 1. The Morgan fingerprint density at radius 1 is 1.42 bits per heavy atom. The van der Waals surface area contributed by atoms with Crippen molar-refractivity contribution in [2.45, 2.75) is 39.0 Å². The molecule has 0 aliphatic carbocycles. The molecule has 1 aromatic heterocycles. The van der Waals surface area contributed by atoms with Gasteiger partial charge in [-0.15, -0.1) is 0 Å². The van der Waals surface area contributed by atoms with Gasteiger partial charge in [0.15, 0.2) is 0 Å². The average Bonchev–Trinajstić information content (AvgIpc) is 2.41. The lowest BCUT2D eigenvalue weighted by atomic mass is 10.1. The van der Waals surface area contributed by atoms with Crippen LogP contribution in [0.4, 0.5) is 0 Å².